The van der Waals surface area contributed by atoms with E-state index in [9.17, 15) is 14.0 Å². The molecule has 3 aromatic rings. The van der Waals surface area contributed by atoms with Crippen LogP contribution in [0.15, 0.2) is 33.5 Å². The number of nitrogen functional groups attached to an aromatic ring is 2. The summed E-state index contributed by atoms with van der Waals surface area (Å²) < 4.78 is 61.0. The summed E-state index contributed by atoms with van der Waals surface area (Å²) in [6.07, 6.45) is -1.47. The lowest BCUT2D eigenvalue weighted by molar-refractivity contribution is -0.162. The first kappa shape index (κ1) is 22.6. The van der Waals surface area contributed by atoms with Crippen molar-refractivity contribution in [2.75, 3.05) is 37.8 Å². The van der Waals surface area contributed by atoms with Crippen LogP contribution in [0.1, 0.15) is 18.7 Å². The first-order valence-corrected chi connectivity index (χ1v) is 9.97. The number of anilines is 2. The van der Waals surface area contributed by atoms with E-state index in [0.29, 0.717) is 0 Å². The number of hydrogen-bond acceptors (Lipinski definition) is 8. The number of ether oxygens (including phenoxy) is 2. The van der Waals surface area contributed by atoms with Gasteiger partial charge in [0.05, 0.1) is 35.5 Å². The summed E-state index contributed by atoms with van der Waals surface area (Å²) >= 11 is 0. The van der Waals surface area contributed by atoms with E-state index in [2.05, 4.69) is 0 Å². The van der Waals surface area contributed by atoms with E-state index in [-0.39, 0.29) is 43.3 Å². The van der Waals surface area contributed by atoms with Crippen LogP contribution < -0.4 is 16.9 Å². The normalized spacial score (nSPS) is 15.5. The molecule has 0 bridgehead atoms. The molecule has 2 aromatic carbocycles. The standard InChI is InChI=1S/C22H20F3N3O5/c1-10(29)32-22(28-4-6-31-7-5-28)17-18(24)20(27)16-14(30)9-15(33-21(16)19(17)25)11-2-3-13(26)12(23)8-11/h2-3,8-9,22H,4-7,26-27H2,1H3. The number of morpholine rings is 1. The van der Waals surface area contributed by atoms with Crippen LogP contribution in [-0.4, -0.2) is 37.2 Å². The minimum Gasteiger partial charge on any atom is -0.453 e. The summed E-state index contributed by atoms with van der Waals surface area (Å²) in [7, 11) is 0. The van der Waals surface area contributed by atoms with Gasteiger partial charge in [-0.15, -0.1) is 0 Å². The van der Waals surface area contributed by atoms with Crippen molar-refractivity contribution >= 4 is 28.3 Å². The first-order chi connectivity index (χ1) is 15.7. The van der Waals surface area contributed by atoms with Crippen LogP contribution in [0.25, 0.3) is 22.3 Å². The Morgan fingerprint density at radius 2 is 1.82 bits per heavy atom. The number of carbonyl (C=O) groups is 1. The van der Waals surface area contributed by atoms with E-state index in [0.717, 1.165) is 19.1 Å². The maximum Gasteiger partial charge on any atom is 0.304 e. The number of benzene rings is 2. The molecule has 11 heteroatoms. The van der Waals surface area contributed by atoms with Gasteiger partial charge >= 0.3 is 5.97 Å². The van der Waals surface area contributed by atoms with Crippen molar-refractivity contribution in [1.82, 2.24) is 4.90 Å². The molecular formula is C22H20F3N3O5. The number of nitrogens with zero attached hydrogens (tertiary/aromatic N) is 1. The summed E-state index contributed by atoms with van der Waals surface area (Å²) in [5.41, 5.74) is 8.49. The molecule has 1 unspecified atom stereocenters. The highest BCUT2D eigenvalue weighted by Gasteiger charge is 2.34. The van der Waals surface area contributed by atoms with Crippen LogP contribution in [0.2, 0.25) is 0 Å². The number of fused-ring (bicyclic) bond motifs is 1. The predicted molar refractivity (Wildman–Crippen MR) is 114 cm³/mol. The van der Waals surface area contributed by atoms with Gasteiger partial charge in [0.15, 0.2) is 28.9 Å². The lowest BCUT2D eigenvalue weighted by Gasteiger charge is -2.34. The number of esters is 1. The Balaban J connectivity index is 1.96. The lowest BCUT2D eigenvalue weighted by atomic mass is 10.0. The molecule has 0 aliphatic carbocycles. The second kappa shape index (κ2) is 8.75. The minimum absolute atomic E-state index is 0.106. The Kier molecular flexibility index (Phi) is 6.00. The molecule has 1 fully saturated rings. The Hall–Kier alpha value is -3.57. The van der Waals surface area contributed by atoms with Crippen molar-refractivity contribution in [3.8, 4) is 11.3 Å². The fraction of sp³-hybridized carbons (Fsp3) is 0.273. The number of nitrogens with two attached hydrogens (primary N) is 2. The van der Waals surface area contributed by atoms with Crippen molar-refractivity contribution < 1.29 is 31.9 Å². The van der Waals surface area contributed by atoms with Crippen molar-refractivity contribution in [1.29, 1.82) is 0 Å². The van der Waals surface area contributed by atoms with Crippen LogP contribution in [0.4, 0.5) is 24.5 Å². The van der Waals surface area contributed by atoms with Gasteiger partial charge < -0.3 is 25.4 Å². The summed E-state index contributed by atoms with van der Waals surface area (Å²) in [6, 6.07) is 4.60. The molecule has 0 amide bonds. The van der Waals surface area contributed by atoms with Gasteiger partial charge in [0.2, 0.25) is 0 Å². The average Bonchev–Trinajstić information content (AvgIpc) is 2.78. The summed E-state index contributed by atoms with van der Waals surface area (Å²) in [5.74, 6) is -4.23. The van der Waals surface area contributed by atoms with E-state index in [1.807, 2.05) is 0 Å². The zero-order valence-corrected chi connectivity index (χ0v) is 17.5. The average molecular weight is 463 g/mol. The zero-order chi connectivity index (χ0) is 23.9. The van der Waals surface area contributed by atoms with Gasteiger partial charge in [-0.1, -0.05) is 0 Å². The van der Waals surface area contributed by atoms with E-state index < -0.39 is 57.3 Å². The predicted octanol–water partition coefficient (Wildman–Crippen LogP) is 2.94. The Morgan fingerprint density at radius 1 is 1.12 bits per heavy atom. The lowest BCUT2D eigenvalue weighted by Crippen LogP contribution is -2.41. The number of rotatable bonds is 4. The second-order valence-electron chi connectivity index (χ2n) is 7.48. The van der Waals surface area contributed by atoms with Crippen molar-refractivity contribution in [3.63, 3.8) is 0 Å². The number of halogens is 3. The monoisotopic (exact) mass is 463 g/mol. The van der Waals surface area contributed by atoms with Gasteiger partial charge in [-0.2, -0.15) is 0 Å². The fourth-order valence-corrected chi connectivity index (χ4v) is 3.70. The van der Waals surface area contributed by atoms with Crippen molar-refractivity contribution in [2.24, 2.45) is 0 Å². The molecule has 1 atom stereocenters. The Bertz CT molecular complexity index is 1300. The molecule has 174 valence electrons. The third-order valence-corrected chi connectivity index (χ3v) is 5.31. The summed E-state index contributed by atoms with van der Waals surface area (Å²) in [4.78, 5) is 25.9. The summed E-state index contributed by atoms with van der Waals surface area (Å²) in [5, 5.41) is -0.517. The molecule has 4 rings (SSSR count). The molecule has 1 aromatic heterocycles. The molecule has 4 N–H and O–H groups in total. The van der Waals surface area contributed by atoms with E-state index >= 15 is 8.78 Å². The third kappa shape index (κ3) is 4.12. The number of hydrogen-bond donors (Lipinski definition) is 2. The zero-order valence-electron chi connectivity index (χ0n) is 17.5. The Morgan fingerprint density at radius 3 is 2.45 bits per heavy atom. The van der Waals surface area contributed by atoms with Gasteiger partial charge in [0, 0.05) is 31.6 Å². The highest BCUT2D eigenvalue weighted by Crippen LogP contribution is 2.37. The highest BCUT2D eigenvalue weighted by atomic mass is 19.1. The molecule has 33 heavy (non-hydrogen) atoms. The number of carbonyl (C=O) groups excluding carboxylic acids is 1. The highest BCUT2D eigenvalue weighted by molar-refractivity contribution is 5.91. The van der Waals surface area contributed by atoms with Crippen LogP contribution >= 0.6 is 0 Å². The van der Waals surface area contributed by atoms with Crippen molar-refractivity contribution in [3.05, 3.63) is 57.5 Å². The van der Waals surface area contributed by atoms with E-state index in [4.69, 9.17) is 25.4 Å². The smallest absolute Gasteiger partial charge is 0.304 e. The van der Waals surface area contributed by atoms with E-state index in [1.54, 1.807) is 0 Å². The molecule has 1 aliphatic rings. The molecule has 1 saturated heterocycles. The topological polar surface area (TPSA) is 121 Å². The van der Waals surface area contributed by atoms with Gasteiger partial charge in [-0.3, -0.25) is 14.5 Å². The SMILES string of the molecule is CC(=O)OC(c1c(F)c(N)c2c(=O)cc(-c3ccc(N)c(F)c3)oc2c1F)N1CCOCC1. The van der Waals surface area contributed by atoms with E-state index in [1.165, 1.54) is 17.0 Å². The molecule has 0 spiro atoms. The van der Waals surface area contributed by atoms with Gasteiger partial charge in [0.25, 0.3) is 0 Å². The quantitative estimate of drug-likeness (QED) is 0.448. The van der Waals surface area contributed by atoms with Crippen molar-refractivity contribution in [2.45, 2.75) is 13.2 Å². The van der Waals surface area contributed by atoms with Gasteiger partial charge in [-0.25, -0.2) is 13.2 Å². The maximum absolute atomic E-state index is 15.7. The molecule has 8 nitrogen and oxygen atoms in total. The molecule has 0 saturated carbocycles. The minimum atomic E-state index is -1.47. The van der Waals surface area contributed by atoms with Gasteiger partial charge in [0.1, 0.15) is 11.6 Å². The third-order valence-electron chi connectivity index (χ3n) is 5.31. The van der Waals surface area contributed by atoms with Gasteiger partial charge in [-0.05, 0) is 18.2 Å². The molecule has 0 radical (unpaired) electrons. The van der Waals surface area contributed by atoms with Crippen LogP contribution in [0.5, 0.6) is 0 Å². The first-order valence-electron chi connectivity index (χ1n) is 9.97. The largest absolute Gasteiger partial charge is 0.453 e. The van der Waals surface area contributed by atoms with Crippen LogP contribution in [0, 0.1) is 17.5 Å². The molecular weight excluding hydrogens is 443 g/mol. The summed E-state index contributed by atoms with van der Waals surface area (Å²) in [6.45, 7) is 2.06. The molecule has 1 aliphatic heterocycles. The van der Waals surface area contributed by atoms with Crippen LogP contribution in [-0.2, 0) is 14.3 Å². The second-order valence-corrected chi connectivity index (χ2v) is 7.48. The van der Waals surface area contributed by atoms with Crippen LogP contribution in [0.3, 0.4) is 0 Å². The Labute approximate surface area is 185 Å². The molecule has 2 heterocycles. The fourth-order valence-electron chi connectivity index (χ4n) is 3.70. The maximum atomic E-state index is 15.7.